The van der Waals surface area contributed by atoms with Crippen LogP contribution in [0.3, 0.4) is 0 Å². The molecule has 1 aromatic carbocycles. The molecule has 8 heteroatoms. The van der Waals surface area contributed by atoms with Crippen molar-refractivity contribution in [3.8, 4) is 10.6 Å². The van der Waals surface area contributed by atoms with E-state index < -0.39 is 0 Å². The number of H-pyrrole nitrogens is 1. The number of nitrogens with one attached hydrogen (secondary N) is 2. The number of aromatic nitrogens is 3. The van der Waals surface area contributed by atoms with Gasteiger partial charge < -0.3 is 5.32 Å². The van der Waals surface area contributed by atoms with Gasteiger partial charge in [-0.1, -0.05) is 23.5 Å². The molecule has 6 nitrogen and oxygen atoms in total. The molecule has 1 aliphatic heterocycles. The second kappa shape index (κ2) is 6.53. The van der Waals surface area contributed by atoms with Gasteiger partial charge in [0.25, 0.3) is 0 Å². The third kappa shape index (κ3) is 3.08. The van der Waals surface area contributed by atoms with Crippen LogP contribution in [0.1, 0.15) is 17.0 Å². The molecule has 0 aliphatic carbocycles. The Morgan fingerprint density at radius 1 is 1.31 bits per heavy atom. The van der Waals surface area contributed by atoms with E-state index in [0.29, 0.717) is 18.1 Å². The van der Waals surface area contributed by atoms with Gasteiger partial charge in [0.1, 0.15) is 11.5 Å². The van der Waals surface area contributed by atoms with Crippen molar-refractivity contribution in [3.63, 3.8) is 0 Å². The Kier molecular flexibility index (Phi) is 4.20. The third-order valence-electron chi connectivity index (χ3n) is 4.39. The monoisotopic (exact) mass is 371 g/mol. The van der Waals surface area contributed by atoms with Crippen LogP contribution >= 0.6 is 11.3 Å². The molecule has 1 atom stereocenters. The van der Waals surface area contributed by atoms with Crippen LogP contribution in [-0.4, -0.2) is 33.8 Å². The number of urea groups is 1. The number of aromatic amines is 1. The van der Waals surface area contributed by atoms with Crippen LogP contribution in [0.15, 0.2) is 30.3 Å². The first-order chi connectivity index (χ1) is 12.5. The van der Waals surface area contributed by atoms with Gasteiger partial charge in [0.2, 0.25) is 0 Å². The van der Waals surface area contributed by atoms with Crippen LogP contribution in [0.2, 0.25) is 0 Å². The van der Waals surface area contributed by atoms with Crippen molar-refractivity contribution in [3.05, 3.63) is 53.1 Å². The predicted octanol–water partition coefficient (Wildman–Crippen LogP) is 3.43. The number of halogens is 1. The summed E-state index contributed by atoms with van der Waals surface area (Å²) in [6.45, 7) is 4.40. The average molecular weight is 371 g/mol. The van der Waals surface area contributed by atoms with Crippen molar-refractivity contribution < 1.29 is 9.18 Å². The van der Waals surface area contributed by atoms with E-state index in [1.54, 1.807) is 17.0 Å². The number of carbonyl (C=O) groups excluding carboxylic acids is 1. The van der Waals surface area contributed by atoms with Gasteiger partial charge in [-0.25, -0.2) is 14.2 Å². The lowest BCUT2D eigenvalue weighted by Crippen LogP contribution is -2.35. The van der Waals surface area contributed by atoms with Crippen molar-refractivity contribution in [2.45, 2.75) is 26.3 Å². The maximum Gasteiger partial charge on any atom is 0.324 e. The van der Waals surface area contributed by atoms with Gasteiger partial charge in [0.15, 0.2) is 5.13 Å². The lowest BCUT2D eigenvalue weighted by Gasteiger charge is -2.20. The zero-order valence-corrected chi connectivity index (χ0v) is 15.2. The summed E-state index contributed by atoms with van der Waals surface area (Å²) in [5.74, 6) is -0.263. The summed E-state index contributed by atoms with van der Waals surface area (Å²) < 4.78 is 13.1. The predicted molar refractivity (Wildman–Crippen MR) is 98.9 cm³/mol. The number of hydrogen-bond donors (Lipinski definition) is 2. The van der Waals surface area contributed by atoms with E-state index in [-0.39, 0.29) is 17.9 Å². The Hall–Kier alpha value is -2.74. The fourth-order valence-corrected chi connectivity index (χ4v) is 4.20. The van der Waals surface area contributed by atoms with Gasteiger partial charge in [-0.3, -0.25) is 10.00 Å². The zero-order chi connectivity index (χ0) is 18.3. The van der Waals surface area contributed by atoms with Crippen molar-refractivity contribution in [1.82, 2.24) is 20.5 Å². The number of rotatable bonds is 4. The average Bonchev–Trinajstić information content (AvgIpc) is 3.29. The zero-order valence-electron chi connectivity index (χ0n) is 14.4. The van der Waals surface area contributed by atoms with Crippen LogP contribution < -0.4 is 10.2 Å². The highest BCUT2D eigenvalue weighted by molar-refractivity contribution is 7.19. The van der Waals surface area contributed by atoms with E-state index in [0.717, 1.165) is 27.5 Å². The second-order valence-corrected chi connectivity index (χ2v) is 7.37. The van der Waals surface area contributed by atoms with Gasteiger partial charge >= 0.3 is 6.03 Å². The first-order valence-electron chi connectivity index (χ1n) is 8.32. The molecule has 0 bridgehead atoms. The summed E-state index contributed by atoms with van der Waals surface area (Å²) in [5.41, 5.74) is 3.63. The second-order valence-electron chi connectivity index (χ2n) is 6.39. The van der Waals surface area contributed by atoms with Gasteiger partial charge in [-0.2, -0.15) is 5.10 Å². The van der Waals surface area contributed by atoms with E-state index >= 15 is 0 Å². The molecule has 0 radical (unpaired) electrons. The Morgan fingerprint density at radius 3 is 2.77 bits per heavy atom. The largest absolute Gasteiger partial charge is 0.336 e. The molecule has 1 saturated heterocycles. The van der Waals surface area contributed by atoms with Crippen molar-refractivity contribution in [1.29, 1.82) is 0 Å². The number of benzene rings is 1. The number of hydrogen-bond acceptors (Lipinski definition) is 4. The minimum atomic E-state index is -0.263. The Balaban J connectivity index is 1.62. The van der Waals surface area contributed by atoms with Gasteiger partial charge in [-0.05, 0) is 44.0 Å². The molecule has 0 spiro atoms. The highest BCUT2D eigenvalue weighted by Crippen LogP contribution is 2.35. The molecule has 2 amide bonds. The summed E-state index contributed by atoms with van der Waals surface area (Å²) >= 11 is 1.46. The quantitative estimate of drug-likeness (QED) is 0.738. The fraction of sp³-hybridized carbons (Fsp3) is 0.278. The summed E-state index contributed by atoms with van der Waals surface area (Å²) in [4.78, 5) is 19.6. The normalized spacial score (nSPS) is 17.0. The van der Waals surface area contributed by atoms with Crippen LogP contribution in [0.25, 0.3) is 10.6 Å². The van der Waals surface area contributed by atoms with Crippen LogP contribution in [-0.2, 0) is 6.42 Å². The Morgan fingerprint density at radius 2 is 2.08 bits per heavy atom. The molecule has 1 fully saturated rings. The molecule has 3 heterocycles. The molecular weight excluding hydrogens is 353 g/mol. The topological polar surface area (TPSA) is 73.9 Å². The summed E-state index contributed by atoms with van der Waals surface area (Å²) in [7, 11) is 0. The van der Waals surface area contributed by atoms with E-state index in [1.807, 2.05) is 19.9 Å². The number of carbonyl (C=O) groups is 1. The number of aryl methyl sites for hydroxylation is 2. The van der Waals surface area contributed by atoms with Gasteiger partial charge in [0, 0.05) is 12.2 Å². The maximum absolute atomic E-state index is 13.1. The molecule has 1 aliphatic rings. The first kappa shape index (κ1) is 16.7. The van der Waals surface area contributed by atoms with Crippen molar-refractivity contribution >= 4 is 22.5 Å². The smallest absolute Gasteiger partial charge is 0.324 e. The Bertz CT molecular complexity index is 949. The van der Waals surface area contributed by atoms with Gasteiger partial charge in [0.05, 0.1) is 16.6 Å². The maximum atomic E-state index is 13.1. The fourth-order valence-electron chi connectivity index (χ4n) is 3.10. The molecule has 2 N–H and O–H groups in total. The van der Waals surface area contributed by atoms with E-state index in [4.69, 9.17) is 0 Å². The molecular formula is C18H18FN5OS. The summed E-state index contributed by atoms with van der Waals surface area (Å²) in [6, 6.07) is 8.13. The lowest BCUT2D eigenvalue weighted by molar-refractivity contribution is 0.251. The van der Waals surface area contributed by atoms with E-state index in [1.165, 1.54) is 23.5 Å². The van der Waals surface area contributed by atoms with Crippen LogP contribution in [0.5, 0.6) is 0 Å². The molecule has 4 rings (SSSR count). The number of amides is 2. The minimum absolute atomic E-state index is 0.0627. The number of nitrogens with zero attached hydrogens (tertiary/aromatic N) is 3. The number of anilines is 1. The van der Waals surface area contributed by atoms with Gasteiger partial charge in [-0.15, -0.1) is 0 Å². The first-order valence-corrected chi connectivity index (χ1v) is 9.14. The molecule has 134 valence electrons. The van der Waals surface area contributed by atoms with E-state index in [9.17, 15) is 9.18 Å². The molecule has 2 aromatic heterocycles. The lowest BCUT2D eigenvalue weighted by atomic mass is 10.1. The SMILES string of the molecule is Cc1cc(-c2sc(N3C(=O)NCC3Cc3ccc(F)cc3)nc2C)n[nH]1. The van der Waals surface area contributed by atoms with Crippen LogP contribution in [0, 0.1) is 19.7 Å². The summed E-state index contributed by atoms with van der Waals surface area (Å²) in [5, 5.41) is 10.8. The van der Waals surface area contributed by atoms with Crippen molar-refractivity contribution in [2.24, 2.45) is 0 Å². The molecule has 26 heavy (non-hydrogen) atoms. The summed E-state index contributed by atoms with van der Waals surface area (Å²) in [6.07, 6.45) is 0.633. The number of thiazole rings is 1. The van der Waals surface area contributed by atoms with Crippen LogP contribution in [0.4, 0.5) is 14.3 Å². The highest BCUT2D eigenvalue weighted by Gasteiger charge is 2.34. The standard InChI is InChI=1S/C18H18FN5OS/c1-10-7-15(23-22-10)16-11(2)21-18(26-16)24-14(9-20-17(24)25)8-12-3-5-13(19)6-4-12/h3-7,14H,8-9H2,1-2H3,(H,20,25)(H,22,23). The molecule has 1 unspecified atom stereocenters. The van der Waals surface area contributed by atoms with E-state index in [2.05, 4.69) is 20.5 Å². The Labute approximate surface area is 154 Å². The molecule has 0 saturated carbocycles. The molecule has 3 aromatic rings. The highest BCUT2D eigenvalue weighted by atomic mass is 32.1. The minimum Gasteiger partial charge on any atom is -0.336 e. The third-order valence-corrected chi connectivity index (χ3v) is 5.57. The van der Waals surface area contributed by atoms with Crippen molar-refractivity contribution in [2.75, 3.05) is 11.4 Å².